The fourth-order valence-corrected chi connectivity index (χ4v) is 1.24. The zero-order valence-corrected chi connectivity index (χ0v) is 9.53. The molecule has 0 atom stereocenters. The highest BCUT2D eigenvalue weighted by atomic mass is 16.5. The van der Waals surface area contributed by atoms with Gasteiger partial charge in [0, 0.05) is 17.8 Å². The Morgan fingerprint density at radius 3 is 2.81 bits per heavy atom. The first-order valence-corrected chi connectivity index (χ1v) is 5.06. The smallest absolute Gasteiger partial charge is 0.335 e. The van der Waals surface area contributed by atoms with Gasteiger partial charge in [0.25, 0.3) is 5.56 Å². The maximum absolute atomic E-state index is 11.5. The van der Waals surface area contributed by atoms with E-state index in [1.165, 1.54) is 10.6 Å². The molecule has 0 unspecified atom stereocenters. The van der Waals surface area contributed by atoms with Crippen LogP contribution >= 0.6 is 0 Å². The number of carbonyl (C=O) groups excluding carboxylic acids is 1. The molecule has 0 amide bonds. The van der Waals surface area contributed by atoms with Crippen LogP contribution in [0.15, 0.2) is 35.3 Å². The van der Waals surface area contributed by atoms with Crippen LogP contribution in [0.25, 0.3) is 0 Å². The highest BCUT2D eigenvalue weighted by Gasteiger charge is 2.08. The molecule has 0 spiro atoms. The largest absolute Gasteiger partial charge is 0.463 e. The summed E-state index contributed by atoms with van der Waals surface area (Å²) >= 11 is 0. The maximum atomic E-state index is 11.5. The van der Waals surface area contributed by atoms with Crippen molar-refractivity contribution < 1.29 is 9.53 Å². The van der Waals surface area contributed by atoms with Gasteiger partial charge in [0.15, 0.2) is 0 Å². The summed E-state index contributed by atoms with van der Waals surface area (Å²) < 4.78 is 6.21. The highest BCUT2D eigenvalue weighted by Crippen LogP contribution is 1.99. The van der Waals surface area contributed by atoms with Crippen LogP contribution in [-0.2, 0) is 16.1 Å². The Hall–Kier alpha value is -1.84. The second kappa shape index (κ2) is 5.30. The van der Waals surface area contributed by atoms with E-state index < -0.39 is 5.97 Å². The second-order valence-corrected chi connectivity index (χ2v) is 3.49. The van der Waals surface area contributed by atoms with Gasteiger partial charge in [0.2, 0.25) is 0 Å². The van der Waals surface area contributed by atoms with E-state index in [9.17, 15) is 9.59 Å². The average molecular weight is 221 g/mol. The molecule has 1 heterocycles. The summed E-state index contributed by atoms with van der Waals surface area (Å²) in [6, 6.07) is 3.32. The molecule has 1 aromatic rings. The minimum absolute atomic E-state index is 0.148. The van der Waals surface area contributed by atoms with Crippen molar-refractivity contribution in [2.75, 3.05) is 6.61 Å². The van der Waals surface area contributed by atoms with E-state index in [2.05, 4.69) is 6.58 Å². The van der Waals surface area contributed by atoms with Gasteiger partial charge in [0.1, 0.15) is 0 Å². The minimum Gasteiger partial charge on any atom is -0.463 e. The van der Waals surface area contributed by atoms with E-state index in [1.807, 2.05) is 6.92 Å². The lowest BCUT2D eigenvalue weighted by Crippen LogP contribution is -2.22. The van der Waals surface area contributed by atoms with Gasteiger partial charge in [-0.15, -0.1) is 0 Å². The third kappa shape index (κ3) is 3.08. The Labute approximate surface area is 94.2 Å². The second-order valence-electron chi connectivity index (χ2n) is 3.49. The molecule has 0 aliphatic heterocycles. The molecule has 0 aliphatic carbocycles. The summed E-state index contributed by atoms with van der Waals surface area (Å²) in [5.41, 5.74) is 1.02. The number of nitrogens with zero attached hydrogens (tertiary/aromatic N) is 1. The van der Waals surface area contributed by atoms with E-state index in [4.69, 9.17) is 4.74 Å². The Morgan fingerprint density at radius 1 is 1.56 bits per heavy atom. The standard InChI is InChI=1S/C12H15NO3/c1-4-16-12(15)10(3)8-13-6-5-9(2)7-11(13)14/h5-7H,3-4,8H2,1-2H3. The number of pyridine rings is 1. The van der Waals surface area contributed by atoms with Crippen molar-refractivity contribution >= 4 is 5.97 Å². The number of hydrogen-bond donors (Lipinski definition) is 0. The third-order valence-corrected chi connectivity index (χ3v) is 2.08. The normalized spacial score (nSPS) is 9.88. The number of aromatic nitrogens is 1. The van der Waals surface area contributed by atoms with Crippen molar-refractivity contribution in [1.82, 2.24) is 4.57 Å². The predicted octanol–water partition coefficient (Wildman–Crippen LogP) is 1.28. The van der Waals surface area contributed by atoms with Gasteiger partial charge in [-0.1, -0.05) is 6.58 Å². The maximum Gasteiger partial charge on any atom is 0.335 e. The van der Waals surface area contributed by atoms with Crippen LogP contribution in [0.1, 0.15) is 12.5 Å². The molecule has 0 saturated carbocycles. The van der Waals surface area contributed by atoms with E-state index in [0.29, 0.717) is 6.61 Å². The molecule has 4 heteroatoms. The number of hydrogen-bond acceptors (Lipinski definition) is 3. The van der Waals surface area contributed by atoms with E-state index in [0.717, 1.165) is 5.56 Å². The Morgan fingerprint density at radius 2 is 2.25 bits per heavy atom. The molecular formula is C12H15NO3. The van der Waals surface area contributed by atoms with Crippen molar-refractivity contribution in [3.63, 3.8) is 0 Å². The molecule has 0 saturated heterocycles. The summed E-state index contributed by atoms with van der Waals surface area (Å²) in [6.07, 6.45) is 1.64. The van der Waals surface area contributed by atoms with Gasteiger partial charge in [-0.25, -0.2) is 4.79 Å². The topological polar surface area (TPSA) is 48.3 Å². The van der Waals surface area contributed by atoms with E-state index in [1.54, 1.807) is 19.2 Å². The fourth-order valence-electron chi connectivity index (χ4n) is 1.24. The lowest BCUT2D eigenvalue weighted by molar-refractivity contribution is -0.138. The van der Waals surface area contributed by atoms with E-state index >= 15 is 0 Å². The minimum atomic E-state index is -0.463. The van der Waals surface area contributed by atoms with Crippen LogP contribution < -0.4 is 5.56 Å². The quantitative estimate of drug-likeness (QED) is 0.568. The fraction of sp³-hybridized carbons (Fsp3) is 0.333. The van der Waals surface area contributed by atoms with Gasteiger partial charge in [-0.2, -0.15) is 0 Å². The highest BCUT2D eigenvalue weighted by molar-refractivity contribution is 5.87. The van der Waals surface area contributed by atoms with Crippen LogP contribution in [-0.4, -0.2) is 17.1 Å². The zero-order valence-electron chi connectivity index (χ0n) is 9.53. The molecule has 0 fully saturated rings. The van der Waals surface area contributed by atoms with Crippen molar-refractivity contribution in [2.45, 2.75) is 20.4 Å². The molecule has 0 aromatic carbocycles. The average Bonchev–Trinajstić information content (AvgIpc) is 2.22. The van der Waals surface area contributed by atoms with Crippen LogP contribution in [0, 0.1) is 6.92 Å². The lowest BCUT2D eigenvalue weighted by atomic mass is 10.2. The third-order valence-electron chi connectivity index (χ3n) is 2.08. The molecule has 0 radical (unpaired) electrons. The molecule has 86 valence electrons. The molecule has 1 rings (SSSR count). The number of ether oxygens (including phenoxy) is 1. The number of esters is 1. The van der Waals surface area contributed by atoms with Gasteiger partial charge in [-0.3, -0.25) is 4.79 Å². The van der Waals surface area contributed by atoms with Gasteiger partial charge < -0.3 is 9.30 Å². The van der Waals surface area contributed by atoms with Gasteiger partial charge >= 0.3 is 5.97 Å². The first-order chi connectivity index (χ1) is 7.54. The van der Waals surface area contributed by atoms with Crippen LogP contribution in [0.4, 0.5) is 0 Å². The molecular weight excluding hydrogens is 206 g/mol. The Bertz CT molecular complexity index is 460. The molecule has 4 nitrogen and oxygen atoms in total. The molecule has 16 heavy (non-hydrogen) atoms. The van der Waals surface area contributed by atoms with Gasteiger partial charge in [0.05, 0.1) is 13.2 Å². The summed E-state index contributed by atoms with van der Waals surface area (Å²) in [7, 11) is 0. The number of rotatable bonds is 4. The van der Waals surface area contributed by atoms with Crippen LogP contribution in [0.2, 0.25) is 0 Å². The van der Waals surface area contributed by atoms with Crippen LogP contribution in [0.5, 0.6) is 0 Å². The number of carbonyl (C=O) groups is 1. The predicted molar refractivity (Wildman–Crippen MR) is 61.2 cm³/mol. The van der Waals surface area contributed by atoms with Crippen molar-refractivity contribution in [3.05, 3.63) is 46.4 Å². The lowest BCUT2D eigenvalue weighted by Gasteiger charge is -2.07. The molecule has 0 N–H and O–H groups in total. The summed E-state index contributed by atoms with van der Waals surface area (Å²) in [4.78, 5) is 22.8. The van der Waals surface area contributed by atoms with E-state index in [-0.39, 0.29) is 17.7 Å². The van der Waals surface area contributed by atoms with Crippen LogP contribution in [0.3, 0.4) is 0 Å². The first-order valence-electron chi connectivity index (χ1n) is 5.06. The van der Waals surface area contributed by atoms with Crippen molar-refractivity contribution in [2.24, 2.45) is 0 Å². The van der Waals surface area contributed by atoms with Crippen molar-refractivity contribution in [3.8, 4) is 0 Å². The Kier molecular flexibility index (Phi) is 4.05. The van der Waals surface area contributed by atoms with Crippen molar-refractivity contribution in [1.29, 1.82) is 0 Å². The summed E-state index contributed by atoms with van der Waals surface area (Å²) in [6.45, 7) is 7.63. The first kappa shape index (κ1) is 12.2. The van der Waals surface area contributed by atoms with Gasteiger partial charge in [-0.05, 0) is 25.5 Å². The SMILES string of the molecule is C=C(Cn1ccc(C)cc1=O)C(=O)OCC. The monoisotopic (exact) mass is 221 g/mol. The zero-order chi connectivity index (χ0) is 12.1. The Balaban J connectivity index is 2.77. The molecule has 0 bridgehead atoms. The summed E-state index contributed by atoms with van der Waals surface area (Å²) in [5.74, 6) is -0.463. The molecule has 0 aliphatic rings. The summed E-state index contributed by atoms with van der Waals surface area (Å²) in [5, 5.41) is 0. The molecule has 1 aromatic heterocycles. The number of aryl methyl sites for hydroxylation is 1.